The molecule has 0 fully saturated rings. The molecule has 2 aromatic rings. The van der Waals surface area contributed by atoms with Crippen molar-refractivity contribution in [1.29, 1.82) is 0 Å². The second-order valence-corrected chi connectivity index (χ2v) is 5.38. The quantitative estimate of drug-likeness (QED) is 0.586. The van der Waals surface area contributed by atoms with Crippen LogP contribution in [0.3, 0.4) is 0 Å². The normalized spacial score (nSPS) is 10.0. The Hall–Kier alpha value is -1.64. The van der Waals surface area contributed by atoms with Crippen molar-refractivity contribution in [2.24, 2.45) is 0 Å². The molecule has 0 aromatic heterocycles. The molecule has 0 bridgehead atoms. The van der Waals surface area contributed by atoms with Crippen molar-refractivity contribution in [1.82, 2.24) is 0 Å². The molecule has 2 aromatic carbocycles. The van der Waals surface area contributed by atoms with Gasteiger partial charge in [0.1, 0.15) is 21.7 Å². The van der Waals surface area contributed by atoms with Crippen LogP contribution in [-0.2, 0) is 0 Å². The highest BCUT2D eigenvalue weighted by molar-refractivity contribution is 6.55. The predicted molar refractivity (Wildman–Crippen MR) is 87.5 cm³/mol. The number of benzene rings is 2. The lowest BCUT2D eigenvalue weighted by Crippen LogP contribution is -1.96. The number of unbranched alkanes of at least 4 members (excludes halogenated alkanes) is 1. The van der Waals surface area contributed by atoms with Crippen LogP contribution in [0.15, 0.2) is 65.2 Å². The van der Waals surface area contributed by atoms with Crippen LogP contribution in [0.1, 0.15) is 12.8 Å². The van der Waals surface area contributed by atoms with Gasteiger partial charge >= 0.3 is 0 Å². The summed E-state index contributed by atoms with van der Waals surface area (Å²) in [6.45, 7) is 0.604. The maximum atomic E-state index is 5.75. The summed E-state index contributed by atoms with van der Waals surface area (Å²) in [5, 5.41) is 0. The summed E-state index contributed by atoms with van der Waals surface area (Å²) >= 11 is 11.1. The first-order chi connectivity index (χ1) is 10.2. The van der Waals surface area contributed by atoms with E-state index in [2.05, 4.69) is 0 Å². The van der Waals surface area contributed by atoms with E-state index in [1.807, 2.05) is 54.6 Å². The van der Waals surface area contributed by atoms with Crippen LogP contribution in [0.4, 0.5) is 0 Å². The molecular weight excluding hydrogens is 307 g/mol. The number of hydrogen-bond donors (Lipinski definition) is 0. The van der Waals surface area contributed by atoms with E-state index in [0.29, 0.717) is 11.1 Å². The zero-order chi connectivity index (χ0) is 14.9. The van der Waals surface area contributed by atoms with E-state index in [9.17, 15) is 0 Å². The lowest BCUT2D eigenvalue weighted by atomic mass is 10.3. The van der Waals surface area contributed by atoms with Crippen LogP contribution < -0.4 is 9.47 Å². The van der Waals surface area contributed by atoms with Gasteiger partial charge in [-0.2, -0.15) is 0 Å². The molecule has 2 nitrogen and oxygen atoms in total. The summed E-state index contributed by atoms with van der Waals surface area (Å²) in [5.74, 6) is 2.34. The fourth-order valence-corrected chi connectivity index (χ4v) is 1.95. The van der Waals surface area contributed by atoms with Crippen molar-refractivity contribution in [3.8, 4) is 17.2 Å². The van der Waals surface area contributed by atoms with Crippen molar-refractivity contribution in [2.75, 3.05) is 6.61 Å². The summed E-state index contributed by atoms with van der Waals surface area (Å²) in [6, 6.07) is 17.2. The van der Waals surface area contributed by atoms with Gasteiger partial charge < -0.3 is 9.47 Å². The highest BCUT2D eigenvalue weighted by Crippen LogP contribution is 2.25. The van der Waals surface area contributed by atoms with Crippen LogP contribution in [0.5, 0.6) is 17.2 Å². The van der Waals surface area contributed by atoms with E-state index in [1.54, 1.807) is 6.08 Å². The molecule has 0 saturated heterocycles. The summed E-state index contributed by atoms with van der Waals surface area (Å²) in [6.07, 6.45) is 3.41. The lowest BCUT2D eigenvalue weighted by Gasteiger charge is -2.09. The van der Waals surface area contributed by atoms with Gasteiger partial charge in [0.2, 0.25) is 0 Å². The Morgan fingerprint density at radius 1 is 0.905 bits per heavy atom. The van der Waals surface area contributed by atoms with E-state index in [1.165, 1.54) is 0 Å². The van der Waals surface area contributed by atoms with Crippen molar-refractivity contribution in [3.05, 3.63) is 65.2 Å². The van der Waals surface area contributed by atoms with E-state index in [0.717, 1.165) is 30.1 Å². The van der Waals surface area contributed by atoms with Crippen molar-refractivity contribution in [3.63, 3.8) is 0 Å². The Morgan fingerprint density at radius 2 is 1.62 bits per heavy atom. The number of halogens is 2. The Labute approximate surface area is 134 Å². The molecule has 0 N–H and O–H groups in total. The second-order valence-electron chi connectivity index (χ2n) is 4.37. The first-order valence-corrected chi connectivity index (χ1v) is 7.46. The van der Waals surface area contributed by atoms with E-state index in [-0.39, 0.29) is 0 Å². The number of rotatable bonds is 7. The summed E-state index contributed by atoms with van der Waals surface area (Å²) in [4.78, 5) is 0. The summed E-state index contributed by atoms with van der Waals surface area (Å²) < 4.78 is 11.7. The van der Waals surface area contributed by atoms with Gasteiger partial charge in [0, 0.05) is 6.07 Å². The number of allylic oxidation sites excluding steroid dienone is 1. The van der Waals surface area contributed by atoms with Gasteiger partial charge in [-0.3, -0.25) is 0 Å². The topological polar surface area (TPSA) is 18.5 Å². The lowest BCUT2D eigenvalue weighted by molar-refractivity contribution is 0.310. The Balaban J connectivity index is 1.85. The van der Waals surface area contributed by atoms with Gasteiger partial charge in [0.15, 0.2) is 0 Å². The molecule has 0 amide bonds. The van der Waals surface area contributed by atoms with Crippen LogP contribution in [0.2, 0.25) is 0 Å². The Bertz CT molecular complexity index is 578. The molecule has 0 aliphatic heterocycles. The van der Waals surface area contributed by atoms with Crippen molar-refractivity contribution in [2.45, 2.75) is 12.8 Å². The van der Waals surface area contributed by atoms with Gasteiger partial charge in [-0.05, 0) is 37.1 Å². The minimum Gasteiger partial charge on any atom is -0.493 e. The van der Waals surface area contributed by atoms with Crippen molar-refractivity contribution < 1.29 is 9.47 Å². The smallest absolute Gasteiger partial charge is 0.131 e. The van der Waals surface area contributed by atoms with Crippen LogP contribution >= 0.6 is 23.2 Å². The number of para-hydroxylation sites is 1. The second kappa shape index (κ2) is 8.60. The number of ether oxygens (including phenoxy) is 2. The Kier molecular flexibility index (Phi) is 6.45. The molecule has 2 rings (SSSR count). The molecule has 21 heavy (non-hydrogen) atoms. The largest absolute Gasteiger partial charge is 0.493 e. The summed E-state index contributed by atoms with van der Waals surface area (Å²) in [5.41, 5.74) is 0. The van der Waals surface area contributed by atoms with E-state index in [4.69, 9.17) is 32.7 Å². The van der Waals surface area contributed by atoms with E-state index < -0.39 is 0 Å². The third-order valence-electron chi connectivity index (χ3n) is 2.70. The van der Waals surface area contributed by atoms with Crippen LogP contribution in [0, 0.1) is 0 Å². The molecular formula is C17H16Cl2O2. The Morgan fingerprint density at radius 3 is 2.38 bits per heavy atom. The average Bonchev–Trinajstić information content (AvgIpc) is 2.48. The van der Waals surface area contributed by atoms with Gasteiger partial charge in [0.05, 0.1) is 6.61 Å². The van der Waals surface area contributed by atoms with Gasteiger partial charge in [0.25, 0.3) is 0 Å². The third kappa shape index (κ3) is 6.11. The highest BCUT2D eigenvalue weighted by atomic mass is 35.5. The molecule has 0 aliphatic carbocycles. The zero-order valence-electron chi connectivity index (χ0n) is 11.5. The highest BCUT2D eigenvalue weighted by Gasteiger charge is 1.99. The SMILES string of the molecule is ClC(Cl)=CCCCOc1cccc(Oc2ccccc2)c1. The minimum atomic E-state index is 0.299. The fraction of sp³-hybridized carbons (Fsp3) is 0.176. The molecule has 0 saturated carbocycles. The molecule has 0 radical (unpaired) electrons. The van der Waals surface area contributed by atoms with Gasteiger partial charge in [-0.1, -0.05) is 53.5 Å². The van der Waals surface area contributed by atoms with Gasteiger partial charge in [-0.15, -0.1) is 0 Å². The maximum absolute atomic E-state index is 5.75. The molecule has 0 unspecified atom stereocenters. The predicted octanol–water partition coefficient (Wildman–Crippen LogP) is 5.96. The average molecular weight is 323 g/mol. The van der Waals surface area contributed by atoms with Crippen LogP contribution in [-0.4, -0.2) is 6.61 Å². The standard InChI is InChI=1S/C17H16Cl2O2/c18-17(19)11-4-5-12-20-15-9-6-10-16(13-15)21-14-7-2-1-3-8-14/h1-3,6-11,13H,4-5,12H2. The van der Waals surface area contributed by atoms with Crippen molar-refractivity contribution >= 4 is 23.2 Å². The minimum absolute atomic E-state index is 0.299. The zero-order valence-corrected chi connectivity index (χ0v) is 13.0. The molecule has 4 heteroatoms. The van der Waals surface area contributed by atoms with E-state index >= 15 is 0 Å². The molecule has 0 spiro atoms. The number of hydrogen-bond acceptors (Lipinski definition) is 2. The maximum Gasteiger partial charge on any atom is 0.131 e. The molecule has 0 aliphatic rings. The molecule has 0 atom stereocenters. The molecule has 0 heterocycles. The molecule has 110 valence electrons. The van der Waals surface area contributed by atoms with Crippen LogP contribution in [0.25, 0.3) is 0 Å². The van der Waals surface area contributed by atoms with Gasteiger partial charge in [-0.25, -0.2) is 0 Å². The monoisotopic (exact) mass is 322 g/mol. The summed E-state index contributed by atoms with van der Waals surface area (Å²) in [7, 11) is 0. The fourth-order valence-electron chi connectivity index (χ4n) is 1.74. The third-order valence-corrected chi connectivity index (χ3v) is 3.01. The first kappa shape index (κ1) is 15.7. The first-order valence-electron chi connectivity index (χ1n) is 6.71.